The van der Waals surface area contributed by atoms with Gasteiger partial charge in [0.25, 0.3) is 0 Å². The lowest BCUT2D eigenvalue weighted by molar-refractivity contribution is -0.278. The van der Waals surface area contributed by atoms with Gasteiger partial charge in [-0.15, -0.1) is 0 Å². The van der Waals surface area contributed by atoms with Crippen LogP contribution in [0.3, 0.4) is 0 Å². The summed E-state index contributed by atoms with van der Waals surface area (Å²) in [5.74, 6) is -3.00. The first-order valence-electron chi connectivity index (χ1n) is 12.2. The highest BCUT2D eigenvalue weighted by molar-refractivity contribution is 5.67. The highest BCUT2D eigenvalue weighted by atomic mass is 17.1. The van der Waals surface area contributed by atoms with E-state index in [1.165, 1.54) is 27.7 Å². The second-order valence-electron chi connectivity index (χ2n) is 10.9. The van der Waals surface area contributed by atoms with Gasteiger partial charge in [-0.3, -0.25) is 19.6 Å². The number of carbonyl (C=O) groups excluding carboxylic acids is 3. The van der Waals surface area contributed by atoms with Crippen LogP contribution in [0.2, 0.25) is 0 Å². The Morgan fingerprint density at radius 1 is 1.14 bits per heavy atom. The van der Waals surface area contributed by atoms with Gasteiger partial charge >= 0.3 is 17.9 Å². The third-order valence-corrected chi connectivity index (χ3v) is 7.73. The van der Waals surface area contributed by atoms with Crippen LogP contribution in [0.25, 0.3) is 0 Å². The first kappa shape index (κ1) is 28.3. The van der Waals surface area contributed by atoms with E-state index in [4.69, 9.17) is 18.9 Å². The quantitative estimate of drug-likeness (QED) is 0.187. The smallest absolute Gasteiger partial charge is 0.303 e. The SMILES string of the molecule is C=C1CC2OC(C3C2C(C)=CC(OC(C)=O)C3C(C)(C)OC(C)=O)C(C)(O)C(OC(C)=O)CC1OO. The van der Waals surface area contributed by atoms with Crippen molar-refractivity contribution in [1.82, 2.24) is 0 Å². The first-order valence-corrected chi connectivity index (χ1v) is 12.2. The largest absolute Gasteiger partial charge is 0.459 e. The zero-order valence-corrected chi connectivity index (χ0v) is 22.0. The number of carbonyl (C=O) groups is 3. The summed E-state index contributed by atoms with van der Waals surface area (Å²) in [6, 6.07) is 0. The van der Waals surface area contributed by atoms with E-state index in [-0.39, 0.29) is 12.3 Å². The molecule has 0 amide bonds. The molecule has 202 valence electrons. The summed E-state index contributed by atoms with van der Waals surface area (Å²) in [6.45, 7) is 14.8. The number of hydrogen-bond donors (Lipinski definition) is 2. The van der Waals surface area contributed by atoms with Crippen molar-refractivity contribution in [3.05, 3.63) is 23.8 Å². The molecule has 2 N–H and O–H groups in total. The van der Waals surface area contributed by atoms with Crippen LogP contribution >= 0.6 is 0 Å². The van der Waals surface area contributed by atoms with Crippen molar-refractivity contribution in [1.29, 1.82) is 0 Å². The van der Waals surface area contributed by atoms with Crippen molar-refractivity contribution in [2.24, 2.45) is 17.8 Å². The lowest BCUT2D eigenvalue weighted by Gasteiger charge is -2.49. The van der Waals surface area contributed by atoms with Crippen LogP contribution < -0.4 is 0 Å². The summed E-state index contributed by atoms with van der Waals surface area (Å²) in [5, 5.41) is 21.5. The molecule has 36 heavy (non-hydrogen) atoms. The molecule has 0 spiro atoms. The van der Waals surface area contributed by atoms with Crippen molar-refractivity contribution in [3.63, 3.8) is 0 Å². The molecule has 9 atom stereocenters. The molecular weight excluding hydrogens is 472 g/mol. The van der Waals surface area contributed by atoms with Crippen molar-refractivity contribution >= 4 is 17.9 Å². The Bertz CT molecular complexity index is 935. The number of aliphatic hydroxyl groups is 1. The van der Waals surface area contributed by atoms with Crippen molar-refractivity contribution in [2.75, 3.05) is 0 Å². The predicted octanol–water partition coefficient (Wildman–Crippen LogP) is 2.73. The average Bonchev–Trinajstić information content (AvgIpc) is 3.09. The average molecular weight is 511 g/mol. The Morgan fingerprint density at radius 2 is 1.75 bits per heavy atom. The van der Waals surface area contributed by atoms with Gasteiger partial charge in [-0.1, -0.05) is 12.2 Å². The fourth-order valence-electron chi connectivity index (χ4n) is 6.46. The molecule has 0 aromatic heterocycles. The molecule has 10 heteroatoms. The number of ether oxygens (including phenoxy) is 4. The van der Waals surface area contributed by atoms with Gasteiger partial charge in [-0.2, -0.15) is 0 Å². The number of hydrogen-bond acceptors (Lipinski definition) is 10. The first-order chi connectivity index (χ1) is 16.6. The molecule has 9 unspecified atom stereocenters. The Morgan fingerprint density at radius 3 is 2.28 bits per heavy atom. The van der Waals surface area contributed by atoms with Crippen LogP contribution in [0.15, 0.2) is 23.8 Å². The van der Waals surface area contributed by atoms with Gasteiger partial charge in [0.1, 0.15) is 29.5 Å². The fraction of sp³-hybridized carbons (Fsp3) is 0.731. The van der Waals surface area contributed by atoms with Gasteiger partial charge in [-0.25, -0.2) is 4.89 Å². The minimum atomic E-state index is -1.76. The van der Waals surface area contributed by atoms with Crippen LogP contribution in [0.1, 0.15) is 61.3 Å². The van der Waals surface area contributed by atoms with Crippen LogP contribution in [-0.4, -0.2) is 70.0 Å². The van der Waals surface area contributed by atoms with Crippen LogP contribution in [0, 0.1) is 17.8 Å². The molecule has 2 aliphatic heterocycles. The van der Waals surface area contributed by atoms with Crippen molar-refractivity contribution in [2.45, 2.75) is 103 Å². The third-order valence-electron chi connectivity index (χ3n) is 7.73. The Labute approximate surface area is 211 Å². The molecule has 0 aromatic rings. The summed E-state index contributed by atoms with van der Waals surface area (Å²) in [6.07, 6.45) is -2.07. The number of esters is 3. The van der Waals surface area contributed by atoms with Gasteiger partial charge in [0, 0.05) is 44.9 Å². The Balaban J connectivity index is 2.21. The monoisotopic (exact) mass is 510 g/mol. The maximum absolute atomic E-state index is 12.1. The van der Waals surface area contributed by atoms with Crippen LogP contribution in [0.5, 0.6) is 0 Å². The van der Waals surface area contributed by atoms with Gasteiger partial charge < -0.3 is 24.1 Å². The molecule has 1 aliphatic carbocycles. The zero-order chi connectivity index (χ0) is 27.2. The number of rotatable bonds is 5. The van der Waals surface area contributed by atoms with Gasteiger partial charge in [0.05, 0.1) is 12.2 Å². The molecule has 2 saturated heterocycles. The van der Waals surface area contributed by atoms with E-state index in [9.17, 15) is 24.7 Å². The second kappa shape index (κ2) is 10.2. The van der Waals surface area contributed by atoms with Crippen LogP contribution in [0.4, 0.5) is 0 Å². The summed E-state index contributed by atoms with van der Waals surface area (Å²) in [4.78, 5) is 40.8. The Kier molecular flexibility index (Phi) is 8.05. The molecule has 0 radical (unpaired) electrons. The van der Waals surface area contributed by atoms with Gasteiger partial charge in [0.15, 0.2) is 0 Å². The van der Waals surface area contributed by atoms with E-state index in [0.29, 0.717) is 12.0 Å². The lowest BCUT2D eigenvalue weighted by atomic mass is 9.60. The molecule has 10 nitrogen and oxygen atoms in total. The van der Waals surface area contributed by atoms with E-state index in [1.807, 2.05) is 13.0 Å². The van der Waals surface area contributed by atoms with Gasteiger partial charge in [0.2, 0.25) is 0 Å². The highest BCUT2D eigenvalue weighted by Gasteiger charge is 2.64. The van der Waals surface area contributed by atoms with Crippen molar-refractivity contribution < 1.29 is 48.6 Å². The number of fused-ring (bicyclic) bond motifs is 5. The minimum absolute atomic E-state index is 0.0495. The van der Waals surface area contributed by atoms with Crippen LogP contribution in [-0.2, 0) is 38.2 Å². The maximum Gasteiger partial charge on any atom is 0.303 e. The topological polar surface area (TPSA) is 138 Å². The van der Waals surface area contributed by atoms with E-state index < -0.39 is 71.5 Å². The van der Waals surface area contributed by atoms with E-state index in [1.54, 1.807) is 13.8 Å². The summed E-state index contributed by atoms with van der Waals surface area (Å²) < 4.78 is 23.5. The lowest BCUT2D eigenvalue weighted by Crippen LogP contribution is -2.60. The fourth-order valence-corrected chi connectivity index (χ4v) is 6.46. The van der Waals surface area contributed by atoms with Crippen molar-refractivity contribution in [3.8, 4) is 0 Å². The standard InChI is InChI=1S/C26H38O10/c1-12-9-18-21-13(2)10-19(32-14(3)27)23(25(6,7)35-16(5)29)22(21)24(34-18)26(8,30)20(33-15(4)28)11-17(12)36-31/h10,17-24,30-31H,1,9,11H2,2-8H3. The molecular formula is C26H38O10. The third kappa shape index (κ3) is 5.37. The van der Waals surface area contributed by atoms with E-state index >= 15 is 0 Å². The predicted molar refractivity (Wildman–Crippen MR) is 126 cm³/mol. The van der Waals surface area contributed by atoms with E-state index in [2.05, 4.69) is 11.5 Å². The maximum atomic E-state index is 12.1. The molecule has 0 saturated carbocycles. The molecule has 3 rings (SSSR count). The minimum Gasteiger partial charge on any atom is -0.459 e. The summed E-state index contributed by atoms with van der Waals surface area (Å²) >= 11 is 0. The molecule has 2 fully saturated rings. The van der Waals surface area contributed by atoms with Gasteiger partial charge in [-0.05, 0) is 45.8 Å². The second-order valence-corrected chi connectivity index (χ2v) is 10.9. The van der Waals surface area contributed by atoms with E-state index in [0.717, 1.165) is 5.57 Å². The molecule has 3 aliphatic rings. The highest BCUT2D eigenvalue weighted by Crippen LogP contribution is 2.55. The Hall–Kier alpha value is -2.27. The molecule has 2 bridgehead atoms. The normalized spacial score (nSPS) is 38.6. The zero-order valence-electron chi connectivity index (χ0n) is 22.0. The summed E-state index contributed by atoms with van der Waals surface area (Å²) in [7, 11) is 0. The summed E-state index contributed by atoms with van der Waals surface area (Å²) in [5.41, 5.74) is -1.48. The molecule has 0 aromatic carbocycles. The molecule has 2 heterocycles.